The van der Waals surface area contributed by atoms with E-state index in [1.807, 2.05) is 0 Å². The van der Waals surface area contributed by atoms with Gasteiger partial charge < -0.3 is 14.5 Å². The van der Waals surface area contributed by atoms with Gasteiger partial charge in [-0.2, -0.15) is 0 Å². The SMILES string of the molecule is CCN(CC)CCN1C(=O)C(=O)c2cc(OC)ccc21. The third-order valence-electron chi connectivity index (χ3n) is 3.71. The lowest BCUT2D eigenvalue weighted by atomic mass is 10.1. The number of rotatable bonds is 6. The number of ether oxygens (including phenoxy) is 1. The van der Waals surface area contributed by atoms with E-state index in [0.717, 1.165) is 19.6 Å². The summed E-state index contributed by atoms with van der Waals surface area (Å²) in [5.74, 6) is -0.297. The number of anilines is 1. The number of Topliss-reactive ketones (excluding diaryl/α,β-unsaturated/α-hetero) is 1. The largest absolute Gasteiger partial charge is 0.497 e. The van der Waals surface area contributed by atoms with E-state index in [0.29, 0.717) is 23.5 Å². The Labute approximate surface area is 119 Å². The molecule has 0 bridgehead atoms. The maximum absolute atomic E-state index is 12.1. The highest BCUT2D eigenvalue weighted by Crippen LogP contribution is 2.31. The van der Waals surface area contributed by atoms with Crippen LogP contribution in [0.25, 0.3) is 0 Å². The van der Waals surface area contributed by atoms with Gasteiger partial charge in [0.15, 0.2) is 0 Å². The molecule has 0 atom stereocenters. The van der Waals surface area contributed by atoms with E-state index in [1.165, 1.54) is 0 Å². The van der Waals surface area contributed by atoms with Crippen LogP contribution in [0.4, 0.5) is 5.69 Å². The number of carbonyl (C=O) groups is 2. The maximum atomic E-state index is 12.1. The first-order valence-corrected chi connectivity index (χ1v) is 6.88. The third-order valence-corrected chi connectivity index (χ3v) is 3.71. The minimum atomic E-state index is -0.446. The molecule has 0 saturated heterocycles. The van der Waals surface area contributed by atoms with Crippen molar-refractivity contribution in [1.29, 1.82) is 0 Å². The topological polar surface area (TPSA) is 49.9 Å². The van der Waals surface area contributed by atoms with Gasteiger partial charge in [-0.1, -0.05) is 13.8 Å². The Morgan fingerprint density at radius 3 is 2.50 bits per heavy atom. The molecule has 2 rings (SSSR count). The predicted molar refractivity (Wildman–Crippen MR) is 77.5 cm³/mol. The van der Waals surface area contributed by atoms with Crippen molar-refractivity contribution in [2.45, 2.75) is 13.8 Å². The van der Waals surface area contributed by atoms with Crippen LogP contribution in [0.2, 0.25) is 0 Å². The van der Waals surface area contributed by atoms with Crippen molar-refractivity contribution < 1.29 is 14.3 Å². The van der Waals surface area contributed by atoms with Crippen LogP contribution in [0.15, 0.2) is 18.2 Å². The van der Waals surface area contributed by atoms with Crippen molar-refractivity contribution in [3.05, 3.63) is 23.8 Å². The van der Waals surface area contributed by atoms with E-state index >= 15 is 0 Å². The lowest BCUT2D eigenvalue weighted by Crippen LogP contribution is -2.38. The highest BCUT2D eigenvalue weighted by Gasteiger charge is 2.35. The molecule has 1 aromatic rings. The smallest absolute Gasteiger partial charge is 0.299 e. The summed E-state index contributed by atoms with van der Waals surface area (Å²) in [5, 5.41) is 0. The summed E-state index contributed by atoms with van der Waals surface area (Å²) < 4.78 is 5.10. The van der Waals surface area contributed by atoms with E-state index in [2.05, 4.69) is 18.7 Å². The van der Waals surface area contributed by atoms with E-state index in [4.69, 9.17) is 4.74 Å². The lowest BCUT2D eigenvalue weighted by Gasteiger charge is -2.23. The summed E-state index contributed by atoms with van der Waals surface area (Å²) in [7, 11) is 1.54. The van der Waals surface area contributed by atoms with Gasteiger partial charge in [0.1, 0.15) is 5.75 Å². The first-order valence-electron chi connectivity index (χ1n) is 6.88. The number of carbonyl (C=O) groups excluding carboxylic acids is 2. The van der Waals surface area contributed by atoms with Crippen LogP contribution in [0, 0.1) is 0 Å². The molecule has 1 heterocycles. The third kappa shape index (κ3) is 2.54. The quantitative estimate of drug-likeness (QED) is 0.740. The molecule has 5 heteroatoms. The Hall–Kier alpha value is -1.88. The summed E-state index contributed by atoms with van der Waals surface area (Å²) in [4.78, 5) is 27.9. The van der Waals surface area contributed by atoms with Crippen LogP contribution in [0.5, 0.6) is 5.75 Å². The summed E-state index contributed by atoms with van der Waals surface area (Å²) in [6.07, 6.45) is 0. The van der Waals surface area contributed by atoms with Gasteiger partial charge in [0.05, 0.1) is 18.4 Å². The average molecular weight is 276 g/mol. The van der Waals surface area contributed by atoms with Gasteiger partial charge in [0, 0.05) is 13.1 Å². The zero-order valence-corrected chi connectivity index (χ0v) is 12.2. The van der Waals surface area contributed by atoms with Gasteiger partial charge in [0.25, 0.3) is 11.7 Å². The Morgan fingerprint density at radius 2 is 1.90 bits per heavy atom. The van der Waals surface area contributed by atoms with Crippen LogP contribution >= 0.6 is 0 Å². The Kier molecular flexibility index (Phi) is 4.39. The molecule has 0 radical (unpaired) electrons. The number of amides is 1. The minimum absolute atomic E-state index is 0.439. The van der Waals surface area contributed by atoms with E-state index in [1.54, 1.807) is 30.2 Å². The second-order valence-corrected chi connectivity index (χ2v) is 4.70. The fourth-order valence-electron chi connectivity index (χ4n) is 2.41. The van der Waals surface area contributed by atoms with Crippen LogP contribution in [-0.4, -0.2) is 49.9 Å². The zero-order valence-electron chi connectivity index (χ0n) is 12.2. The molecule has 1 amide bonds. The molecule has 0 spiro atoms. The first kappa shape index (κ1) is 14.5. The minimum Gasteiger partial charge on any atom is -0.497 e. The van der Waals surface area contributed by atoms with Crippen LogP contribution in [-0.2, 0) is 4.79 Å². The molecule has 0 fully saturated rings. The van der Waals surface area contributed by atoms with Gasteiger partial charge >= 0.3 is 0 Å². The molecule has 108 valence electrons. The molecular formula is C15H20N2O3. The van der Waals surface area contributed by atoms with Crippen LogP contribution in [0.1, 0.15) is 24.2 Å². The van der Waals surface area contributed by atoms with Crippen molar-refractivity contribution in [2.75, 3.05) is 38.2 Å². The first-order chi connectivity index (χ1) is 9.62. The molecule has 0 aliphatic carbocycles. The average Bonchev–Trinajstić information content (AvgIpc) is 2.72. The number of methoxy groups -OCH3 is 1. The van der Waals surface area contributed by atoms with E-state index in [-0.39, 0.29) is 0 Å². The Morgan fingerprint density at radius 1 is 1.20 bits per heavy atom. The second kappa shape index (κ2) is 6.05. The molecular weight excluding hydrogens is 256 g/mol. The number of benzene rings is 1. The van der Waals surface area contributed by atoms with Crippen molar-refractivity contribution in [1.82, 2.24) is 4.90 Å². The van der Waals surface area contributed by atoms with Gasteiger partial charge in [-0.05, 0) is 31.3 Å². The molecule has 20 heavy (non-hydrogen) atoms. The molecule has 1 aliphatic heterocycles. The summed E-state index contributed by atoms with van der Waals surface area (Å²) >= 11 is 0. The number of hydrogen-bond donors (Lipinski definition) is 0. The van der Waals surface area contributed by atoms with Crippen molar-refractivity contribution in [2.24, 2.45) is 0 Å². The van der Waals surface area contributed by atoms with Crippen molar-refractivity contribution in [3.63, 3.8) is 0 Å². The number of fused-ring (bicyclic) bond motifs is 1. The monoisotopic (exact) mass is 276 g/mol. The van der Waals surface area contributed by atoms with Crippen LogP contribution < -0.4 is 9.64 Å². The van der Waals surface area contributed by atoms with E-state index < -0.39 is 11.7 Å². The van der Waals surface area contributed by atoms with Gasteiger partial charge in [-0.15, -0.1) is 0 Å². The molecule has 1 aliphatic rings. The summed E-state index contributed by atoms with van der Waals surface area (Å²) in [5.41, 5.74) is 1.13. The van der Waals surface area contributed by atoms with E-state index in [9.17, 15) is 9.59 Å². The summed E-state index contributed by atoms with van der Waals surface area (Å²) in [6.45, 7) is 7.32. The van der Waals surface area contributed by atoms with Gasteiger partial charge in [-0.25, -0.2) is 0 Å². The number of nitrogens with zero attached hydrogens (tertiary/aromatic N) is 2. The van der Waals surface area contributed by atoms with Crippen molar-refractivity contribution >= 4 is 17.4 Å². The molecule has 0 N–H and O–H groups in total. The second-order valence-electron chi connectivity index (χ2n) is 4.70. The Bertz CT molecular complexity index is 524. The highest BCUT2D eigenvalue weighted by molar-refractivity contribution is 6.52. The number of ketones is 1. The number of hydrogen-bond acceptors (Lipinski definition) is 4. The van der Waals surface area contributed by atoms with Crippen molar-refractivity contribution in [3.8, 4) is 5.75 Å². The maximum Gasteiger partial charge on any atom is 0.299 e. The zero-order chi connectivity index (χ0) is 14.7. The summed E-state index contributed by atoms with van der Waals surface area (Å²) in [6, 6.07) is 5.18. The molecule has 0 unspecified atom stereocenters. The molecule has 0 saturated carbocycles. The highest BCUT2D eigenvalue weighted by atomic mass is 16.5. The normalized spacial score (nSPS) is 14.1. The standard InChI is InChI=1S/C15H20N2O3/c1-4-16(5-2)8-9-17-13-7-6-11(20-3)10-12(13)14(18)15(17)19/h6-7,10H,4-5,8-9H2,1-3H3. The molecule has 0 aromatic heterocycles. The van der Waals surface area contributed by atoms with Gasteiger partial charge in [0.2, 0.25) is 0 Å². The fourth-order valence-corrected chi connectivity index (χ4v) is 2.41. The predicted octanol–water partition coefficient (Wildman–Crippen LogP) is 1.57. The van der Waals surface area contributed by atoms with Crippen LogP contribution in [0.3, 0.4) is 0 Å². The lowest BCUT2D eigenvalue weighted by molar-refractivity contribution is -0.114. The fraction of sp³-hybridized carbons (Fsp3) is 0.467. The number of likely N-dealkylation sites (N-methyl/N-ethyl adjacent to an activating group) is 1. The molecule has 1 aromatic carbocycles. The van der Waals surface area contributed by atoms with Gasteiger partial charge in [-0.3, -0.25) is 9.59 Å². The Balaban J connectivity index is 2.20. The molecule has 5 nitrogen and oxygen atoms in total.